The Morgan fingerprint density at radius 3 is 2.83 bits per heavy atom. The highest BCUT2D eigenvalue weighted by Crippen LogP contribution is 2.37. The first-order valence-electron chi connectivity index (χ1n) is 7.07. The molecule has 0 spiro atoms. The van der Waals surface area contributed by atoms with E-state index in [4.69, 9.17) is 10.5 Å². The summed E-state index contributed by atoms with van der Waals surface area (Å²) in [4.78, 5) is 0. The van der Waals surface area contributed by atoms with Crippen molar-refractivity contribution in [1.82, 2.24) is 0 Å². The van der Waals surface area contributed by atoms with E-state index >= 15 is 0 Å². The molecule has 0 fully saturated rings. The molecule has 18 heavy (non-hydrogen) atoms. The predicted molar refractivity (Wildman–Crippen MR) is 75.5 cm³/mol. The van der Waals surface area contributed by atoms with Gasteiger partial charge in [0, 0.05) is 18.8 Å². The average molecular weight is 247 g/mol. The van der Waals surface area contributed by atoms with Crippen molar-refractivity contribution < 1.29 is 4.74 Å². The lowest BCUT2D eigenvalue weighted by molar-refractivity contribution is 0.105. The quantitative estimate of drug-likeness (QED) is 0.783. The molecule has 2 nitrogen and oxygen atoms in total. The third-order valence-corrected chi connectivity index (χ3v) is 3.93. The first-order chi connectivity index (χ1) is 8.62. The van der Waals surface area contributed by atoms with Crippen molar-refractivity contribution >= 4 is 0 Å². The molecular weight excluding hydrogens is 222 g/mol. The second kappa shape index (κ2) is 5.85. The van der Waals surface area contributed by atoms with E-state index in [2.05, 4.69) is 38.1 Å². The van der Waals surface area contributed by atoms with Crippen molar-refractivity contribution in [2.45, 2.75) is 45.1 Å². The molecule has 1 aromatic rings. The monoisotopic (exact) mass is 247 g/mol. The maximum atomic E-state index is 6.53. The van der Waals surface area contributed by atoms with Gasteiger partial charge in [-0.15, -0.1) is 0 Å². The highest BCUT2D eigenvalue weighted by Gasteiger charge is 2.34. The summed E-state index contributed by atoms with van der Waals surface area (Å²) < 4.78 is 5.71. The van der Waals surface area contributed by atoms with E-state index in [9.17, 15) is 0 Å². The van der Waals surface area contributed by atoms with Gasteiger partial charge in [-0.1, -0.05) is 38.1 Å². The predicted octanol–water partition coefficient (Wildman–Crippen LogP) is 3.24. The molecule has 1 aromatic carbocycles. The highest BCUT2D eigenvalue weighted by atomic mass is 16.5. The van der Waals surface area contributed by atoms with E-state index in [0.717, 1.165) is 38.9 Å². The maximum absolute atomic E-state index is 6.53. The minimum atomic E-state index is -0.158. The zero-order chi connectivity index (χ0) is 13.0. The molecule has 0 aromatic heterocycles. The van der Waals surface area contributed by atoms with Crippen LogP contribution in [0, 0.1) is 5.92 Å². The second-order valence-electron chi connectivity index (χ2n) is 5.86. The lowest BCUT2D eigenvalue weighted by Gasteiger charge is -2.25. The third kappa shape index (κ3) is 3.12. The Balaban J connectivity index is 1.83. The Kier molecular flexibility index (Phi) is 4.41. The zero-order valence-corrected chi connectivity index (χ0v) is 11.6. The molecule has 0 saturated heterocycles. The first kappa shape index (κ1) is 13.6. The summed E-state index contributed by atoms with van der Waals surface area (Å²) in [5.74, 6) is 0.712. The van der Waals surface area contributed by atoms with Crippen LogP contribution in [0.5, 0.6) is 0 Å². The van der Waals surface area contributed by atoms with Crippen molar-refractivity contribution in [2.24, 2.45) is 11.7 Å². The van der Waals surface area contributed by atoms with Gasteiger partial charge in [-0.25, -0.2) is 0 Å². The van der Waals surface area contributed by atoms with E-state index in [1.54, 1.807) is 0 Å². The van der Waals surface area contributed by atoms with Crippen LogP contribution in [-0.4, -0.2) is 13.2 Å². The highest BCUT2D eigenvalue weighted by molar-refractivity contribution is 5.38. The van der Waals surface area contributed by atoms with Crippen LogP contribution in [0.25, 0.3) is 0 Å². The van der Waals surface area contributed by atoms with Gasteiger partial charge in [0.25, 0.3) is 0 Å². The molecule has 0 saturated carbocycles. The minimum absolute atomic E-state index is 0.158. The topological polar surface area (TPSA) is 35.2 Å². The van der Waals surface area contributed by atoms with Gasteiger partial charge in [0.2, 0.25) is 0 Å². The maximum Gasteiger partial charge on any atom is 0.0486 e. The molecule has 2 heteroatoms. The molecule has 1 unspecified atom stereocenters. The molecule has 0 aliphatic heterocycles. The van der Waals surface area contributed by atoms with Crippen LogP contribution >= 0.6 is 0 Å². The summed E-state index contributed by atoms with van der Waals surface area (Å²) in [7, 11) is 0. The Bertz CT molecular complexity index is 388. The Hall–Kier alpha value is -0.860. The third-order valence-electron chi connectivity index (χ3n) is 3.93. The molecule has 2 N–H and O–H groups in total. The fourth-order valence-electron chi connectivity index (χ4n) is 2.65. The van der Waals surface area contributed by atoms with Gasteiger partial charge in [-0.2, -0.15) is 0 Å². The van der Waals surface area contributed by atoms with Gasteiger partial charge in [0.15, 0.2) is 0 Å². The van der Waals surface area contributed by atoms with E-state index in [-0.39, 0.29) is 5.54 Å². The van der Waals surface area contributed by atoms with Crippen LogP contribution in [0.15, 0.2) is 24.3 Å². The van der Waals surface area contributed by atoms with Gasteiger partial charge < -0.3 is 10.5 Å². The summed E-state index contributed by atoms with van der Waals surface area (Å²) in [6.07, 6.45) is 4.23. The summed E-state index contributed by atoms with van der Waals surface area (Å²) in [6, 6.07) is 8.56. The van der Waals surface area contributed by atoms with Gasteiger partial charge >= 0.3 is 0 Å². The number of benzene rings is 1. The normalized spacial score (nSPS) is 22.4. The Morgan fingerprint density at radius 2 is 2.06 bits per heavy atom. The molecule has 0 amide bonds. The zero-order valence-electron chi connectivity index (χ0n) is 11.6. The van der Waals surface area contributed by atoms with Crippen LogP contribution in [0.2, 0.25) is 0 Å². The summed E-state index contributed by atoms with van der Waals surface area (Å²) in [5.41, 5.74) is 9.12. The lowest BCUT2D eigenvalue weighted by Crippen LogP contribution is -2.35. The molecule has 1 atom stereocenters. The fraction of sp³-hybridized carbons (Fsp3) is 0.625. The summed E-state index contributed by atoms with van der Waals surface area (Å²) in [6.45, 7) is 6.08. The van der Waals surface area contributed by atoms with E-state index in [1.807, 2.05) is 0 Å². The molecular formula is C16H25NO. The molecule has 100 valence electrons. The second-order valence-corrected chi connectivity index (χ2v) is 5.86. The first-order valence-corrected chi connectivity index (χ1v) is 7.07. The van der Waals surface area contributed by atoms with Crippen molar-refractivity contribution in [3.05, 3.63) is 35.4 Å². The van der Waals surface area contributed by atoms with E-state index in [1.165, 1.54) is 11.1 Å². The van der Waals surface area contributed by atoms with Gasteiger partial charge in [-0.3, -0.25) is 0 Å². The summed E-state index contributed by atoms with van der Waals surface area (Å²) in [5, 5.41) is 0. The van der Waals surface area contributed by atoms with Crippen LogP contribution in [0.3, 0.4) is 0 Å². The van der Waals surface area contributed by atoms with Crippen LogP contribution in [-0.2, 0) is 16.7 Å². The van der Waals surface area contributed by atoms with Crippen molar-refractivity contribution in [3.63, 3.8) is 0 Å². The van der Waals surface area contributed by atoms with Crippen molar-refractivity contribution in [1.29, 1.82) is 0 Å². The van der Waals surface area contributed by atoms with Crippen LogP contribution < -0.4 is 5.73 Å². The number of aryl methyl sites for hydroxylation is 1. The number of fused-ring (bicyclic) bond motifs is 1. The van der Waals surface area contributed by atoms with Gasteiger partial charge in [0.05, 0.1) is 0 Å². The molecule has 0 radical (unpaired) electrons. The number of rotatable bonds is 6. The van der Waals surface area contributed by atoms with Crippen LogP contribution in [0.4, 0.5) is 0 Å². The van der Waals surface area contributed by atoms with Crippen LogP contribution in [0.1, 0.15) is 44.2 Å². The van der Waals surface area contributed by atoms with Gasteiger partial charge in [-0.05, 0) is 42.7 Å². The number of hydrogen-bond donors (Lipinski definition) is 1. The Labute approximate surface area is 111 Å². The minimum Gasteiger partial charge on any atom is -0.381 e. The standard InChI is InChI=1S/C16H25NO/c1-13(2)8-11-18-12-10-16(17)9-7-14-5-3-4-6-15(14)16/h3-6,13H,7-12,17H2,1-2H3. The van der Waals surface area contributed by atoms with Crippen molar-refractivity contribution in [3.8, 4) is 0 Å². The lowest BCUT2D eigenvalue weighted by atomic mass is 9.90. The Morgan fingerprint density at radius 1 is 1.28 bits per heavy atom. The number of nitrogens with two attached hydrogens (primary N) is 1. The van der Waals surface area contributed by atoms with Gasteiger partial charge in [0.1, 0.15) is 0 Å². The molecule has 0 bridgehead atoms. The van der Waals surface area contributed by atoms with E-state index < -0.39 is 0 Å². The molecule has 1 aliphatic rings. The summed E-state index contributed by atoms with van der Waals surface area (Å²) >= 11 is 0. The fourth-order valence-corrected chi connectivity index (χ4v) is 2.65. The smallest absolute Gasteiger partial charge is 0.0486 e. The average Bonchev–Trinajstić information content (AvgIpc) is 2.68. The molecule has 0 heterocycles. The number of ether oxygens (including phenoxy) is 1. The largest absolute Gasteiger partial charge is 0.381 e. The SMILES string of the molecule is CC(C)CCOCCC1(N)CCc2ccccc21. The van der Waals surface area contributed by atoms with E-state index in [0.29, 0.717) is 5.92 Å². The van der Waals surface area contributed by atoms with Crippen molar-refractivity contribution in [2.75, 3.05) is 13.2 Å². The number of hydrogen-bond acceptors (Lipinski definition) is 2. The molecule has 2 rings (SSSR count). The molecule has 1 aliphatic carbocycles.